The molecule has 0 bridgehead atoms. The number of benzene rings is 1. The van der Waals surface area contributed by atoms with Crippen molar-refractivity contribution in [1.82, 2.24) is 5.32 Å². The lowest BCUT2D eigenvalue weighted by Crippen LogP contribution is -2.42. The summed E-state index contributed by atoms with van der Waals surface area (Å²) < 4.78 is 6.06. The third kappa shape index (κ3) is 3.49. The molecule has 4 N–H and O–H groups in total. The molecular weight excluding hydrogens is 330 g/mol. The molecule has 0 saturated heterocycles. The third-order valence-electron chi connectivity index (χ3n) is 4.43. The summed E-state index contributed by atoms with van der Waals surface area (Å²) in [5, 5.41) is 5.80. The van der Waals surface area contributed by atoms with Crippen LogP contribution in [-0.4, -0.2) is 30.5 Å². The summed E-state index contributed by atoms with van der Waals surface area (Å²) in [6, 6.07) is 1.60. The van der Waals surface area contributed by atoms with Gasteiger partial charge >= 0.3 is 0 Å². The van der Waals surface area contributed by atoms with E-state index in [1.54, 1.807) is 6.92 Å². The van der Waals surface area contributed by atoms with Gasteiger partial charge in [0.25, 0.3) is 0 Å². The average molecular weight is 354 g/mol. The molecule has 7 heteroatoms. The molecular formula is C17H24ClN3O3. The highest BCUT2D eigenvalue weighted by atomic mass is 35.5. The van der Waals surface area contributed by atoms with E-state index < -0.39 is 6.04 Å². The molecule has 0 fully saturated rings. The fourth-order valence-electron chi connectivity index (χ4n) is 3.20. The molecule has 2 amide bonds. The fourth-order valence-corrected chi connectivity index (χ4v) is 3.20. The van der Waals surface area contributed by atoms with Crippen LogP contribution < -0.4 is 21.1 Å². The van der Waals surface area contributed by atoms with E-state index in [9.17, 15) is 9.59 Å². The Balaban J connectivity index is 0.00000208. The van der Waals surface area contributed by atoms with E-state index >= 15 is 0 Å². The molecule has 1 aromatic carbocycles. The summed E-state index contributed by atoms with van der Waals surface area (Å²) in [6.45, 7) is 4.18. The van der Waals surface area contributed by atoms with Gasteiger partial charge in [0.15, 0.2) is 0 Å². The molecule has 0 aliphatic carbocycles. The number of fused-ring (bicyclic) bond motifs is 3. The second-order valence-corrected chi connectivity index (χ2v) is 6.26. The zero-order chi connectivity index (χ0) is 16.6. The Morgan fingerprint density at radius 2 is 2.25 bits per heavy atom. The van der Waals surface area contributed by atoms with Crippen LogP contribution >= 0.6 is 12.4 Å². The first-order chi connectivity index (χ1) is 11.0. The summed E-state index contributed by atoms with van der Waals surface area (Å²) in [6.07, 6.45) is 2.74. The number of amides is 2. The van der Waals surface area contributed by atoms with Gasteiger partial charge in [-0.2, -0.15) is 0 Å². The van der Waals surface area contributed by atoms with Gasteiger partial charge in [0.1, 0.15) is 11.9 Å². The second kappa shape index (κ2) is 7.40. The quantitative estimate of drug-likeness (QED) is 0.761. The van der Waals surface area contributed by atoms with Crippen LogP contribution in [0.3, 0.4) is 0 Å². The molecule has 24 heavy (non-hydrogen) atoms. The molecule has 0 aromatic heterocycles. The highest BCUT2D eigenvalue weighted by Crippen LogP contribution is 2.41. The summed E-state index contributed by atoms with van der Waals surface area (Å²) >= 11 is 0. The predicted octanol–water partition coefficient (Wildman–Crippen LogP) is 1.32. The van der Waals surface area contributed by atoms with Gasteiger partial charge in [-0.1, -0.05) is 6.92 Å². The van der Waals surface area contributed by atoms with E-state index in [1.165, 1.54) is 0 Å². The maximum Gasteiger partial charge on any atom is 0.236 e. The lowest BCUT2D eigenvalue weighted by molar-refractivity contribution is -0.122. The number of halogens is 1. The monoisotopic (exact) mass is 353 g/mol. The first-order valence-electron chi connectivity index (χ1n) is 8.17. The Kier molecular flexibility index (Phi) is 5.72. The molecule has 3 rings (SSSR count). The molecule has 0 spiro atoms. The number of anilines is 1. The van der Waals surface area contributed by atoms with Crippen molar-refractivity contribution >= 4 is 29.9 Å². The summed E-state index contributed by atoms with van der Waals surface area (Å²) in [5.41, 5.74) is 9.88. The molecule has 132 valence electrons. The number of nitrogens with two attached hydrogens (primary N) is 1. The van der Waals surface area contributed by atoms with Crippen LogP contribution in [0.4, 0.5) is 5.69 Å². The standard InChI is InChI=1S/C17H23N3O3.ClH/c1-3-10-6-11-7-12(8-19-17(22)9(2)18)23-16(11)13-4-5-14(21)20-15(10)13;/h6,9,12H,3-5,7-8,18H2,1-2H3,(H,19,22)(H,20,21);1H/t9-,12?;/m0./s1. The van der Waals surface area contributed by atoms with Gasteiger partial charge in [-0.3, -0.25) is 9.59 Å². The average Bonchev–Trinajstić information content (AvgIpc) is 2.94. The fraction of sp³-hybridized carbons (Fsp3) is 0.529. The van der Waals surface area contributed by atoms with Crippen molar-refractivity contribution in [1.29, 1.82) is 0 Å². The lowest BCUT2D eigenvalue weighted by Gasteiger charge is -2.22. The van der Waals surface area contributed by atoms with Gasteiger partial charge in [-0.15, -0.1) is 12.4 Å². The van der Waals surface area contributed by atoms with Crippen LogP contribution in [0, 0.1) is 0 Å². The SMILES string of the molecule is CCc1cc2c(c3c1NC(=O)CC3)OC(CNC(=O)[C@H](C)N)C2.Cl. The van der Waals surface area contributed by atoms with E-state index in [0.29, 0.717) is 19.4 Å². The van der Waals surface area contributed by atoms with Crippen molar-refractivity contribution in [3.05, 3.63) is 22.8 Å². The topological polar surface area (TPSA) is 93.5 Å². The maximum atomic E-state index is 11.7. The third-order valence-corrected chi connectivity index (χ3v) is 4.43. The van der Waals surface area contributed by atoms with Gasteiger partial charge in [0, 0.05) is 18.4 Å². The van der Waals surface area contributed by atoms with Crippen molar-refractivity contribution in [3.8, 4) is 5.75 Å². The van der Waals surface area contributed by atoms with E-state index in [4.69, 9.17) is 10.5 Å². The zero-order valence-corrected chi connectivity index (χ0v) is 14.8. The molecule has 1 aromatic rings. The largest absolute Gasteiger partial charge is 0.488 e. The molecule has 0 saturated carbocycles. The minimum absolute atomic E-state index is 0. The number of carbonyl (C=O) groups is 2. The van der Waals surface area contributed by atoms with E-state index in [1.807, 2.05) is 0 Å². The van der Waals surface area contributed by atoms with E-state index in [-0.39, 0.29) is 30.3 Å². The van der Waals surface area contributed by atoms with Crippen molar-refractivity contribution in [3.63, 3.8) is 0 Å². The van der Waals surface area contributed by atoms with Gasteiger partial charge < -0.3 is 21.1 Å². The summed E-state index contributed by atoms with van der Waals surface area (Å²) in [4.78, 5) is 23.3. The van der Waals surface area contributed by atoms with E-state index in [0.717, 1.165) is 41.0 Å². The Bertz CT molecular complexity index is 661. The Labute approximate surface area is 147 Å². The molecule has 2 heterocycles. The van der Waals surface area contributed by atoms with Gasteiger partial charge in [-0.25, -0.2) is 0 Å². The molecule has 6 nitrogen and oxygen atoms in total. The number of aryl methyl sites for hydroxylation is 1. The molecule has 2 aliphatic heterocycles. The lowest BCUT2D eigenvalue weighted by atomic mass is 9.93. The highest BCUT2D eigenvalue weighted by Gasteiger charge is 2.31. The van der Waals surface area contributed by atoms with Crippen molar-refractivity contribution in [2.45, 2.75) is 51.7 Å². The summed E-state index contributed by atoms with van der Waals surface area (Å²) in [5.74, 6) is 0.774. The maximum absolute atomic E-state index is 11.7. The van der Waals surface area contributed by atoms with Crippen molar-refractivity contribution in [2.75, 3.05) is 11.9 Å². The minimum atomic E-state index is -0.520. The van der Waals surface area contributed by atoms with Crippen LogP contribution in [0.2, 0.25) is 0 Å². The van der Waals surface area contributed by atoms with Crippen molar-refractivity contribution < 1.29 is 14.3 Å². The number of ether oxygens (including phenoxy) is 1. The first kappa shape index (κ1) is 18.5. The molecule has 0 radical (unpaired) electrons. The molecule has 2 aliphatic rings. The number of carbonyl (C=O) groups excluding carboxylic acids is 2. The Morgan fingerprint density at radius 1 is 1.50 bits per heavy atom. The normalized spacial score (nSPS) is 19.3. The van der Waals surface area contributed by atoms with Crippen molar-refractivity contribution in [2.24, 2.45) is 5.73 Å². The number of hydrogen-bond acceptors (Lipinski definition) is 4. The van der Waals surface area contributed by atoms with Gasteiger partial charge in [0.05, 0.1) is 18.3 Å². The zero-order valence-electron chi connectivity index (χ0n) is 14.0. The summed E-state index contributed by atoms with van der Waals surface area (Å²) in [7, 11) is 0. The predicted molar refractivity (Wildman–Crippen MR) is 94.8 cm³/mol. The van der Waals surface area contributed by atoms with Gasteiger partial charge in [0.2, 0.25) is 11.8 Å². The highest BCUT2D eigenvalue weighted by molar-refractivity contribution is 5.95. The van der Waals surface area contributed by atoms with Crippen LogP contribution in [0.5, 0.6) is 5.75 Å². The van der Waals surface area contributed by atoms with Crippen LogP contribution in [-0.2, 0) is 28.9 Å². The second-order valence-electron chi connectivity index (χ2n) is 6.26. The van der Waals surface area contributed by atoms with Crippen LogP contribution in [0.1, 0.15) is 37.0 Å². The molecule has 1 unspecified atom stereocenters. The van der Waals surface area contributed by atoms with Crippen LogP contribution in [0.15, 0.2) is 6.07 Å². The number of hydrogen-bond donors (Lipinski definition) is 3. The Hall–Kier alpha value is -1.79. The molecule has 2 atom stereocenters. The smallest absolute Gasteiger partial charge is 0.236 e. The minimum Gasteiger partial charge on any atom is -0.488 e. The number of rotatable bonds is 4. The van der Waals surface area contributed by atoms with Crippen LogP contribution in [0.25, 0.3) is 0 Å². The first-order valence-corrected chi connectivity index (χ1v) is 8.17. The van der Waals surface area contributed by atoms with Gasteiger partial charge in [-0.05, 0) is 37.0 Å². The Morgan fingerprint density at radius 3 is 2.92 bits per heavy atom. The van der Waals surface area contributed by atoms with E-state index in [2.05, 4.69) is 23.6 Å². The number of nitrogens with one attached hydrogen (secondary N) is 2.